The molecule has 134 valence electrons. The lowest BCUT2D eigenvalue weighted by molar-refractivity contribution is 0.0377. The van der Waals surface area contributed by atoms with Gasteiger partial charge in [0.1, 0.15) is 0 Å². The molecule has 2 fully saturated rings. The van der Waals surface area contributed by atoms with Crippen molar-refractivity contribution < 1.29 is 14.3 Å². The van der Waals surface area contributed by atoms with Crippen LogP contribution in [0.3, 0.4) is 0 Å². The number of rotatable bonds is 2. The molecule has 3 aliphatic heterocycles. The predicted molar refractivity (Wildman–Crippen MR) is 94.8 cm³/mol. The minimum absolute atomic E-state index is 0.00555. The summed E-state index contributed by atoms with van der Waals surface area (Å²) in [5.41, 5.74) is 0.601. The number of likely N-dealkylation sites (tertiary alicyclic amines) is 1. The fourth-order valence-corrected chi connectivity index (χ4v) is 4.85. The highest BCUT2D eigenvalue weighted by Gasteiger charge is 2.55. The molecule has 0 bridgehead atoms. The fourth-order valence-electron chi connectivity index (χ4n) is 4.85. The molecular formula is C20H26N2O3. The van der Waals surface area contributed by atoms with E-state index < -0.39 is 5.41 Å². The van der Waals surface area contributed by atoms with Crippen molar-refractivity contribution in [3.8, 4) is 0 Å². The van der Waals surface area contributed by atoms with E-state index in [1.807, 2.05) is 30.0 Å². The first-order valence-corrected chi connectivity index (χ1v) is 9.33. The van der Waals surface area contributed by atoms with Gasteiger partial charge in [-0.3, -0.25) is 14.5 Å². The molecular weight excluding hydrogens is 316 g/mol. The number of carbonyl (C=O) groups excluding carboxylic acids is 2. The first-order valence-electron chi connectivity index (χ1n) is 9.33. The summed E-state index contributed by atoms with van der Waals surface area (Å²) in [6, 6.07) is 7.69. The van der Waals surface area contributed by atoms with Crippen LogP contribution in [-0.4, -0.2) is 66.4 Å². The zero-order valence-corrected chi connectivity index (χ0v) is 15.0. The number of fused-ring (bicyclic) bond motifs is 2. The van der Waals surface area contributed by atoms with E-state index in [1.165, 1.54) is 0 Å². The van der Waals surface area contributed by atoms with Crippen molar-refractivity contribution in [3.05, 3.63) is 35.4 Å². The standard InChI is InChI=1S/C20H26N2O3/c1-3-22-17-12-21(14-8-10-25-11-9-14)13-20(17,2)18(23)15-6-4-5-7-16(15)19(22)24/h4-7,14,17H,3,8-13H2,1-2H3/t17-,20+/m1/s1. The van der Waals surface area contributed by atoms with E-state index in [1.54, 1.807) is 6.07 Å². The number of hydrogen-bond acceptors (Lipinski definition) is 4. The summed E-state index contributed by atoms with van der Waals surface area (Å²) >= 11 is 0. The maximum Gasteiger partial charge on any atom is 0.254 e. The van der Waals surface area contributed by atoms with Crippen molar-refractivity contribution in [2.45, 2.75) is 38.8 Å². The predicted octanol–water partition coefficient (Wildman–Crippen LogP) is 2.21. The molecule has 2 saturated heterocycles. The van der Waals surface area contributed by atoms with Gasteiger partial charge in [0.2, 0.25) is 0 Å². The van der Waals surface area contributed by atoms with Gasteiger partial charge in [0, 0.05) is 44.5 Å². The Bertz CT molecular complexity index is 698. The second-order valence-electron chi connectivity index (χ2n) is 7.67. The number of likely N-dealkylation sites (N-methyl/N-ethyl adjacent to an activating group) is 1. The van der Waals surface area contributed by atoms with E-state index in [0.717, 1.165) is 39.1 Å². The second kappa shape index (κ2) is 6.22. The molecule has 0 unspecified atom stereocenters. The normalized spacial score (nSPS) is 31.0. The third-order valence-electron chi connectivity index (χ3n) is 6.28. The summed E-state index contributed by atoms with van der Waals surface area (Å²) in [6.45, 7) is 7.76. The van der Waals surface area contributed by atoms with Gasteiger partial charge >= 0.3 is 0 Å². The first kappa shape index (κ1) is 16.7. The number of carbonyl (C=O) groups is 2. The summed E-state index contributed by atoms with van der Waals surface area (Å²) < 4.78 is 5.49. The van der Waals surface area contributed by atoms with Crippen LogP contribution < -0.4 is 0 Å². The minimum Gasteiger partial charge on any atom is -0.381 e. The Balaban J connectivity index is 1.74. The molecule has 1 aromatic carbocycles. The number of ketones is 1. The van der Waals surface area contributed by atoms with Crippen molar-refractivity contribution in [2.24, 2.45) is 5.41 Å². The molecule has 0 aromatic heterocycles. The van der Waals surface area contributed by atoms with Gasteiger partial charge in [-0.1, -0.05) is 18.2 Å². The van der Waals surface area contributed by atoms with E-state index in [0.29, 0.717) is 23.7 Å². The van der Waals surface area contributed by atoms with Crippen molar-refractivity contribution in [1.29, 1.82) is 0 Å². The molecule has 0 N–H and O–H groups in total. The Hall–Kier alpha value is -1.72. The highest BCUT2D eigenvalue weighted by molar-refractivity contribution is 6.12. The molecule has 0 radical (unpaired) electrons. The summed E-state index contributed by atoms with van der Waals surface area (Å²) in [4.78, 5) is 30.9. The van der Waals surface area contributed by atoms with E-state index in [2.05, 4.69) is 11.8 Å². The number of benzene rings is 1. The summed E-state index contributed by atoms with van der Waals surface area (Å²) in [7, 11) is 0. The van der Waals surface area contributed by atoms with Gasteiger partial charge in [-0.25, -0.2) is 0 Å². The van der Waals surface area contributed by atoms with Crippen LogP contribution in [-0.2, 0) is 4.74 Å². The van der Waals surface area contributed by atoms with Gasteiger partial charge in [-0.15, -0.1) is 0 Å². The molecule has 1 aromatic rings. The number of amides is 1. The Morgan fingerprint density at radius 3 is 2.52 bits per heavy atom. The average molecular weight is 342 g/mol. The number of Topliss-reactive ketones (excluding diaryl/α,β-unsaturated/α-hetero) is 1. The largest absolute Gasteiger partial charge is 0.381 e. The quantitative estimate of drug-likeness (QED) is 0.827. The molecule has 3 heterocycles. The molecule has 5 heteroatoms. The second-order valence-corrected chi connectivity index (χ2v) is 7.67. The Morgan fingerprint density at radius 2 is 1.84 bits per heavy atom. The van der Waals surface area contributed by atoms with Crippen LogP contribution >= 0.6 is 0 Å². The van der Waals surface area contributed by atoms with Gasteiger partial charge in [0.25, 0.3) is 5.91 Å². The summed E-state index contributed by atoms with van der Waals surface area (Å²) in [6.07, 6.45) is 2.02. The molecule has 4 rings (SSSR count). The SMILES string of the molecule is CCN1C(=O)c2ccccc2C(=O)[C@@]2(C)CN(C3CCOCC3)C[C@@H]12. The monoisotopic (exact) mass is 342 g/mol. The third kappa shape index (κ3) is 2.52. The summed E-state index contributed by atoms with van der Waals surface area (Å²) in [5, 5.41) is 0. The zero-order chi connectivity index (χ0) is 17.6. The molecule has 0 aliphatic carbocycles. The van der Waals surface area contributed by atoms with E-state index >= 15 is 0 Å². The van der Waals surface area contributed by atoms with Gasteiger partial charge in [0.15, 0.2) is 5.78 Å². The number of nitrogens with zero attached hydrogens (tertiary/aromatic N) is 2. The van der Waals surface area contributed by atoms with E-state index in [4.69, 9.17) is 4.74 Å². The minimum atomic E-state index is -0.545. The highest BCUT2D eigenvalue weighted by Crippen LogP contribution is 2.42. The Labute approximate surface area is 148 Å². The lowest BCUT2D eigenvalue weighted by Gasteiger charge is -2.34. The molecule has 0 saturated carbocycles. The van der Waals surface area contributed by atoms with Crippen molar-refractivity contribution >= 4 is 11.7 Å². The van der Waals surface area contributed by atoms with Crippen LogP contribution in [0.2, 0.25) is 0 Å². The highest BCUT2D eigenvalue weighted by atomic mass is 16.5. The zero-order valence-electron chi connectivity index (χ0n) is 15.0. The molecule has 3 aliphatic rings. The lowest BCUT2D eigenvalue weighted by atomic mass is 9.78. The average Bonchev–Trinajstić information content (AvgIpc) is 2.98. The molecule has 5 nitrogen and oxygen atoms in total. The van der Waals surface area contributed by atoms with Crippen molar-refractivity contribution in [2.75, 3.05) is 32.8 Å². The lowest BCUT2D eigenvalue weighted by Crippen LogP contribution is -2.49. The Morgan fingerprint density at radius 1 is 1.16 bits per heavy atom. The van der Waals surface area contributed by atoms with Crippen LogP contribution in [0.15, 0.2) is 24.3 Å². The van der Waals surface area contributed by atoms with Gasteiger partial charge in [-0.05, 0) is 32.8 Å². The van der Waals surface area contributed by atoms with E-state index in [-0.39, 0.29) is 17.7 Å². The number of hydrogen-bond donors (Lipinski definition) is 0. The Kier molecular flexibility index (Phi) is 4.16. The van der Waals surface area contributed by atoms with Gasteiger partial charge < -0.3 is 9.64 Å². The molecule has 0 spiro atoms. The van der Waals surface area contributed by atoms with Crippen LogP contribution in [0, 0.1) is 5.41 Å². The van der Waals surface area contributed by atoms with Crippen molar-refractivity contribution in [1.82, 2.24) is 9.80 Å². The maximum absolute atomic E-state index is 13.4. The number of ether oxygens (including phenoxy) is 1. The molecule has 1 amide bonds. The molecule has 25 heavy (non-hydrogen) atoms. The maximum atomic E-state index is 13.4. The van der Waals surface area contributed by atoms with Crippen LogP contribution in [0.4, 0.5) is 0 Å². The van der Waals surface area contributed by atoms with Crippen LogP contribution in [0.25, 0.3) is 0 Å². The molecule has 2 atom stereocenters. The fraction of sp³-hybridized carbons (Fsp3) is 0.600. The third-order valence-corrected chi connectivity index (χ3v) is 6.28. The first-order chi connectivity index (χ1) is 12.1. The van der Waals surface area contributed by atoms with Crippen molar-refractivity contribution in [3.63, 3.8) is 0 Å². The van der Waals surface area contributed by atoms with Crippen LogP contribution in [0.5, 0.6) is 0 Å². The summed E-state index contributed by atoms with van der Waals surface area (Å²) in [5.74, 6) is 0.112. The smallest absolute Gasteiger partial charge is 0.254 e. The van der Waals surface area contributed by atoms with Crippen LogP contribution in [0.1, 0.15) is 47.4 Å². The van der Waals surface area contributed by atoms with Gasteiger partial charge in [-0.2, -0.15) is 0 Å². The van der Waals surface area contributed by atoms with Gasteiger partial charge in [0.05, 0.1) is 17.0 Å². The topological polar surface area (TPSA) is 49.9 Å². The van der Waals surface area contributed by atoms with E-state index in [9.17, 15) is 9.59 Å².